The molecule has 3 aromatic rings. The van der Waals surface area contributed by atoms with Gasteiger partial charge in [0.2, 0.25) is 15.8 Å². The van der Waals surface area contributed by atoms with Crippen LogP contribution in [0.3, 0.4) is 0 Å². The molecule has 0 aliphatic carbocycles. The molecule has 0 radical (unpaired) electrons. The van der Waals surface area contributed by atoms with Crippen LogP contribution in [-0.2, 0) is 28.2 Å². The van der Waals surface area contributed by atoms with Gasteiger partial charge in [-0.1, -0.05) is 30.3 Å². The summed E-state index contributed by atoms with van der Waals surface area (Å²) in [4.78, 5) is 12.7. The Bertz CT molecular complexity index is 1190. The van der Waals surface area contributed by atoms with Crippen LogP contribution in [0.15, 0.2) is 60.7 Å². The molecule has 0 bridgehead atoms. The number of carbonyl (C=O) groups excluding carboxylic acids is 1. The maximum atomic E-state index is 14.0. The SMILES string of the molecule is Cn1c(CC(CO)(c2ccccc2)S(N)(=O)=O)ccc1C(=O)c1ccc(F)cc1F. The lowest BCUT2D eigenvalue weighted by atomic mass is 9.94. The van der Waals surface area contributed by atoms with Crippen LogP contribution >= 0.6 is 0 Å². The van der Waals surface area contributed by atoms with E-state index in [4.69, 9.17) is 5.14 Å². The smallest absolute Gasteiger partial charge is 0.221 e. The summed E-state index contributed by atoms with van der Waals surface area (Å²) in [7, 11) is -2.76. The minimum absolute atomic E-state index is 0.0739. The fourth-order valence-corrected chi connectivity index (χ4v) is 4.40. The van der Waals surface area contributed by atoms with Crippen LogP contribution in [-0.4, -0.2) is 30.5 Å². The Hall–Kier alpha value is -2.88. The highest BCUT2D eigenvalue weighted by molar-refractivity contribution is 7.90. The van der Waals surface area contributed by atoms with Crippen molar-refractivity contribution in [3.63, 3.8) is 0 Å². The molecular formula is C21H20F2N2O4S. The van der Waals surface area contributed by atoms with Gasteiger partial charge in [0.25, 0.3) is 0 Å². The Balaban J connectivity index is 2.05. The third kappa shape index (κ3) is 3.79. The van der Waals surface area contributed by atoms with Crippen molar-refractivity contribution in [1.29, 1.82) is 0 Å². The molecule has 30 heavy (non-hydrogen) atoms. The average Bonchev–Trinajstić information content (AvgIpc) is 3.05. The van der Waals surface area contributed by atoms with E-state index in [1.807, 2.05) is 0 Å². The summed E-state index contributed by atoms with van der Waals surface area (Å²) in [5, 5.41) is 15.6. The van der Waals surface area contributed by atoms with E-state index >= 15 is 0 Å². The van der Waals surface area contributed by atoms with Crippen molar-refractivity contribution < 1.29 is 27.1 Å². The lowest BCUT2D eigenvalue weighted by molar-refractivity contribution is 0.102. The van der Waals surface area contributed by atoms with Crippen molar-refractivity contribution in [2.24, 2.45) is 12.2 Å². The molecule has 6 nitrogen and oxygen atoms in total. The molecule has 0 amide bonds. The molecule has 2 aromatic carbocycles. The maximum absolute atomic E-state index is 14.0. The van der Waals surface area contributed by atoms with E-state index in [1.165, 1.54) is 23.7 Å². The molecule has 0 spiro atoms. The van der Waals surface area contributed by atoms with Crippen LogP contribution in [0.5, 0.6) is 0 Å². The number of aliphatic hydroxyl groups excluding tert-OH is 1. The summed E-state index contributed by atoms with van der Waals surface area (Å²) in [6.45, 7) is -0.781. The number of aromatic nitrogens is 1. The van der Waals surface area contributed by atoms with Gasteiger partial charge in [-0.05, 0) is 29.8 Å². The van der Waals surface area contributed by atoms with Crippen molar-refractivity contribution in [3.05, 3.63) is 94.8 Å². The third-order valence-electron chi connectivity index (χ3n) is 5.20. The van der Waals surface area contributed by atoms with Crippen LogP contribution < -0.4 is 5.14 Å². The molecule has 3 N–H and O–H groups in total. The van der Waals surface area contributed by atoms with E-state index in [0.717, 1.165) is 12.1 Å². The summed E-state index contributed by atoms with van der Waals surface area (Å²) < 4.78 is 51.7. The summed E-state index contributed by atoms with van der Waals surface area (Å²) in [6, 6.07) is 13.6. The van der Waals surface area contributed by atoms with Crippen LogP contribution in [0.4, 0.5) is 8.78 Å². The summed E-state index contributed by atoms with van der Waals surface area (Å²) in [5.41, 5.74) is 0.443. The van der Waals surface area contributed by atoms with Crippen molar-refractivity contribution in [2.45, 2.75) is 11.2 Å². The highest BCUT2D eigenvalue weighted by Crippen LogP contribution is 2.33. The first-order valence-corrected chi connectivity index (χ1v) is 10.5. The Morgan fingerprint density at radius 2 is 1.77 bits per heavy atom. The molecule has 1 aromatic heterocycles. The Kier molecular flexibility index (Phi) is 5.89. The molecule has 1 unspecified atom stereocenters. The second kappa shape index (κ2) is 8.10. The van der Waals surface area contributed by atoms with Crippen molar-refractivity contribution in [3.8, 4) is 0 Å². The molecule has 0 aliphatic heterocycles. The van der Waals surface area contributed by atoms with Crippen LogP contribution in [0.25, 0.3) is 0 Å². The quantitative estimate of drug-likeness (QED) is 0.557. The van der Waals surface area contributed by atoms with Gasteiger partial charge < -0.3 is 9.67 Å². The van der Waals surface area contributed by atoms with Gasteiger partial charge in [-0.25, -0.2) is 22.3 Å². The van der Waals surface area contributed by atoms with E-state index in [-0.39, 0.29) is 17.7 Å². The first kappa shape index (κ1) is 21.8. The zero-order chi connectivity index (χ0) is 22.1. The van der Waals surface area contributed by atoms with Gasteiger partial charge in [0.05, 0.1) is 17.9 Å². The van der Waals surface area contributed by atoms with E-state index in [0.29, 0.717) is 17.3 Å². The molecule has 9 heteroatoms. The van der Waals surface area contributed by atoms with Crippen LogP contribution in [0.1, 0.15) is 27.3 Å². The molecule has 0 aliphatic rings. The van der Waals surface area contributed by atoms with Crippen LogP contribution in [0.2, 0.25) is 0 Å². The molecule has 0 saturated heterocycles. The van der Waals surface area contributed by atoms with Crippen LogP contribution in [0, 0.1) is 11.6 Å². The Morgan fingerprint density at radius 3 is 2.33 bits per heavy atom. The summed E-state index contributed by atoms with van der Waals surface area (Å²) >= 11 is 0. The normalized spacial score (nSPS) is 13.8. The molecule has 0 fully saturated rings. The third-order valence-corrected chi connectivity index (χ3v) is 6.80. The van der Waals surface area contributed by atoms with Crippen molar-refractivity contribution in [1.82, 2.24) is 4.57 Å². The number of aliphatic hydroxyl groups is 1. The fraction of sp³-hybridized carbons (Fsp3) is 0.190. The zero-order valence-electron chi connectivity index (χ0n) is 16.0. The predicted octanol–water partition coefficient (Wildman–Crippen LogP) is 2.25. The monoisotopic (exact) mass is 434 g/mol. The molecule has 158 valence electrons. The topological polar surface area (TPSA) is 102 Å². The number of nitrogens with zero attached hydrogens (tertiary/aromatic N) is 1. The van der Waals surface area contributed by atoms with Gasteiger partial charge in [-0.2, -0.15) is 0 Å². The number of rotatable bonds is 7. The van der Waals surface area contributed by atoms with Gasteiger partial charge >= 0.3 is 0 Å². The van der Waals surface area contributed by atoms with E-state index < -0.39 is 38.8 Å². The molecule has 1 heterocycles. The number of ketones is 1. The highest BCUT2D eigenvalue weighted by Gasteiger charge is 2.44. The summed E-state index contributed by atoms with van der Waals surface area (Å²) in [6.07, 6.45) is -0.220. The lowest BCUT2D eigenvalue weighted by Gasteiger charge is -2.30. The van der Waals surface area contributed by atoms with Crippen molar-refractivity contribution in [2.75, 3.05) is 6.61 Å². The number of benzene rings is 2. The number of primary sulfonamides is 1. The predicted molar refractivity (Wildman–Crippen MR) is 107 cm³/mol. The zero-order valence-corrected chi connectivity index (χ0v) is 16.9. The van der Waals surface area contributed by atoms with Gasteiger partial charge in [0, 0.05) is 25.2 Å². The average molecular weight is 434 g/mol. The number of hydrogen-bond acceptors (Lipinski definition) is 4. The van der Waals surface area contributed by atoms with Gasteiger partial charge in [-0.3, -0.25) is 4.79 Å². The highest BCUT2D eigenvalue weighted by atomic mass is 32.2. The molecule has 3 rings (SSSR count). The van der Waals surface area contributed by atoms with E-state index in [2.05, 4.69) is 0 Å². The standard InChI is InChI=1S/C21H20F2N2O4S/c1-25-16(8-10-19(25)20(27)17-9-7-15(22)11-18(17)23)12-21(13-26,30(24,28)29)14-5-3-2-4-6-14/h2-11,26H,12-13H2,1H3,(H2,24,28,29). The maximum Gasteiger partial charge on any atom is 0.221 e. The minimum atomic E-state index is -4.27. The van der Waals surface area contributed by atoms with E-state index in [1.54, 1.807) is 30.3 Å². The second-order valence-electron chi connectivity index (χ2n) is 6.96. The number of carbonyl (C=O) groups is 1. The molecule has 0 saturated carbocycles. The number of halogens is 2. The van der Waals surface area contributed by atoms with Gasteiger partial charge in [-0.15, -0.1) is 0 Å². The number of sulfonamides is 1. The molecular weight excluding hydrogens is 414 g/mol. The summed E-state index contributed by atoms with van der Waals surface area (Å²) in [5.74, 6) is -2.49. The van der Waals surface area contributed by atoms with Crippen molar-refractivity contribution >= 4 is 15.8 Å². The largest absolute Gasteiger partial charge is 0.394 e. The fourth-order valence-electron chi connectivity index (χ4n) is 3.41. The number of nitrogens with two attached hydrogens (primary N) is 1. The lowest BCUT2D eigenvalue weighted by Crippen LogP contribution is -2.46. The Morgan fingerprint density at radius 1 is 1.10 bits per heavy atom. The van der Waals surface area contributed by atoms with Gasteiger partial charge in [0.1, 0.15) is 16.4 Å². The Labute approximate surface area is 172 Å². The number of hydrogen-bond donors (Lipinski definition) is 2. The minimum Gasteiger partial charge on any atom is -0.394 e. The first-order chi connectivity index (χ1) is 14.1. The van der Waals surface area contributed by atoms with Gasteiger partial charge in [0.15, 0.2) is 0 Å². The van der Waals surface area contributed by atoms with E-state index in [9.17, 15) is 27.1 Å². The molecule has 1 atom stereocenters. The second-order valence-corrected chi connectivity index (χ2v) is 8.83. The first-order valence-electron chi connectivity index (χ1n) is 8.94.